The van der Waals surface area contributed by atoms with E-state index in [1.165, 1.54) is 0 Å². The molecule has 5 nitrogen and oxygen atoms in total. The van der Waals surface area contributed by atoms with Gasteiger partial charge in [0.2, 0.25) is 0 Å². The van der Waals surface area contributed by atoms with Crippen molar-refractivity contribution in [3.63, 3.8) is 0 Å². The Kier molecular flexibility index (Phi) is 6.73. The molecular weight excluding hydrogens is 254 g/mol. The van der Waals surface area contributed by atoms with E-state index in [0.29, 0.717) is 37.3 Å². The molecule has 0 aliphatic heterocycles. The van der Waals surface area contributed by atoms with Crippen LogP contribution in [0.5, 0.6) is 0 Å². The quantitative estimate of drug-likeness (QED) is 0.736. The van der Waals surface area contributed by atoms with Crippen molar-refractivity contribution >= 4 is 11.8 Å². The van der Waals surface area contributed by atoms with Gasteiger partial charge in [-0.2, -0.15) is 0 Å². The van der Waals surface area contributed by atoms with Gasteiger partial charge in [0.05, 0.1) is 0 Å². The highest BCUT2D eigenvalue weighted by atomic mass is 16.2. The molecule has 0 bridgehead atoms. The predicted octanol–water partition coefficient (Wildman–Crippen LogP) is 1.25. The summed E-state index contributed by atoms with van der Waals surface area (Å²) in [6.07, 6.45) is 0.754. The maximum absolute atomic E-state index is 12.1. The number of carbonyl (C=O) groups excluding carboxylic acids is 2. The molecule has 0 fully saturated rings. The fraction of sp³-hybridized carbons (Fsp3) is 0.467. The standard InChI is InChI=1S/C15H23N3O2/c1-3-18(4-2)15(20)13-8-6-12(7-9-13)14(19)17-11-5-10-16/h6-9H,3-5,10-11,16H2,1-2H3,(H,17,19). The Morgan fingerprint density at radius 3 is 2.15 bits per heavy atom. The van der Waals surface area contributed by atoms with Gasteiger partial charge < -0.3 is 16.0 Å². The van der Waals surface area contributed by atoms with Crippen LogP contribution in [0.3, 0.4) is 0 Å². The minimum atomic E-state index is -0.139. The molecule has 0 aromatic heterocycles. The number of hydrogen-bond donors (Lipinski definition) is 2. The molecule has 5 heteroatoms. The molecule has 1 aromatic carbocycles. The minimum Gasteiger partial charge on any atom is -0.352 e. The number of hydrogen-bond acceptors (Lipinski definition) is 3. The summed E-state index contributed by atoms with van der Waals surface area (Å²) in [7, 11) is 0. The molecular formula is C15H23N3O2. The van der Waals surface area contributed by atoms with Crippen molar-refractivity contribution in [3.05, 3.63) is 35.4 Å². The highest BCUT2D eigenvalue weighted by molar-refractivity contribution is 5.97. The van der Waals surface area contributed by atoms with E-state index >= 15 is 0 Å². The van der Waals surface area contributed by atoms with Gasteiger partial charge in [-0.05, 0) is 51.1 Å². The third-order valence-corrected chi connectivity index (χ3v) is 3.11. The Balaban J connectivity index is 2.68. The average molecular weight is 277 g/mol. The Labute approximate surface area is 120 Å². The summed E-state index contributed by atoms with van der Waals surface area (Å²) in [6.45, 7) is 6.36. The molecule has 1 aromatic rings. The number of benzene rings is 1. The van der Waals surface area contributed by atoms with Crippen LogP contribution in [0, 0.1) is 0 Å². The molecule has 0 saturated heterocycles. The Hall–Kier alpha value is -1.88. The van der Waals surface area contributed by atoms with Crippen LogP contribution in [-0.2, 0) is 0 Å². The lowest BCUT2D eigenvalue weighted by atomic mass is 10.1. The van der Waals surface area contributed by atoms with Crippen LogP contribution in [0.1, 0.15) is 41.0 Å². The second-order valence-corrected chi connectivity index (χ2v) is 4.45. The minimum absolute atomic E-state index is 0.00918. The summed E-state index contributed by atoms with van der Waals surface area (Å²) < 4.78 is 0. The van der Waals surface area contributed by atoms with Crippen molar-refractivity contribution in [3.8, 4) is 0 Å². The van der Waals surface area contributed by atoms with Crippen molar-refractivity contribution in [2.45, 2.75) is 20.3 Å². The van der Waals surface area contributed by atoms with Gasteiger partial charge in [0.15, 0.2) is 0 Å². The molecule has 1 rings (SSSR count). The van der Waals surface area contributed by atoms with E-state index < -0.39 is 0 Å². The lowest BCUT2D eigenvalue weighted by Gasteiger charge is -2.18. The van der Waals surface area contributed by atoms with E-state index in [1.54, 1.807) is 29.2 Å². The van der Waals surface area contributed by atoms with Gasteiger partial charge in [0, 0.05) is 30.8 Å². The fourth-order valence-corrected chi connectivity index (χ4v) is 1.86. The topological polar surface area (TPSA) is 75.4 Å². The van der Waals surface area contributed by atoms with E-state index in [0.717, 1.165) is 6.42 Å². The van der Waals surface area contributed by atoms with Crippen LogP contribution in [0.2, 0.25) is 0 Å². The molecule has 110 valence electrons. The lowest BCUT2D eigenvalue weighted by molar-refractivity contribution is 0.0772. The maximum Gasteiger partial charge on any atom is 0.253 e. The Bertz CT molecular complexity index is 439. The van der Waals surface area contributed by atoms with E-state index in [9.17, 15) is 9.59 Å². The van der Waals surface area contributed by atoms with Gasteiger partial charge >= 0.3 is 0 Å². The van der Waals surface area contributed by atoms with Gasteiger partial charge in [0.25, 0.3) is 11.8 Å². The average Bonchev–Trinajstić information content (AvgIpc) is 2.48. The SMILES string of the molecule is CCN(CC)C(=O)c1ccc(C(=O)NCCCN)cc1. The van der Waals surface area contributed by atoms with Gasteiger partial charge in [0.1, 0.15) is 0 Å². The first-order chi connectivity index (χ1) is 9.63. The summed E-state index contributed by atoms with van der Waals surface area (Å²) in [5, 5.41) is 2.78. The molecule has 0 spiro atoms. The zero-order chi connectivity index (χ0) is 15.0. The summed E-state index contributed by atoms with van der Waals surface area (Å²) in [5.41, 5.74) is 6.53. The first-order valence-corrected chi connectivity index (χ1v) is 7.01. The highest BCUT2D eigenvalue weighted by Crippen LogP contribution is 2.08. The number of nitrogens with zero attached hydrogens (tertiary/aromatic N) is 1. The third kappa shape index (κ3) is 4.35. The monoisotopic (exact) mass is 277 g/mol. The first-order valence-electron chi connectivity index (χ1n) is 7.01. The van der Waals surface area contributed by atoms with E-state index in [2.05, 4.69) is 5.32 Å². The van der Waals surface area contributed by atoms with Gasteiger partial charge in [-0.1, -0.05) is 0 Å². The maximum atomic E-state index is 12.1. The smallest absolute Gasteiger partial charge is 0.253 e. The molecule has 20 heavy (non-hydrogen) atoms. The normalized spacial score (nSPS) is 10.2. The highest BCUT2D eigenvalue weighted by Gasteiger charge is 2.13. The molecule has 0 radical (unpaired) electrons. The molecule has 0 atom stereocenters. The summed E-state index contributed by atoms with van der Waals surface area (Å²) in [4.78, 5) is 25.7. The molecule has 2 amide bonds. The summed E-state index contributed by atoms with van der Waals surface area (Å²) >= 11 is 0. The Morgan fingerprint density at radius 2 is 1.65 bits per heavy atom. The van der Waals surface area contributed by atoms with Crippen molar-refractivity contribution in [2.24, 2.45) is 5.73 Å². The Morgan fingerprint density at radius 1 is 1.10 bits per heavy atom. The molecule has 0 heterocycles. The number of nitrogens with one attached hydrogen (secondary N) is 1. The third-order valence-electron chi connectivity index (χ3n) is 3.11. The fourth-order valence-electron chi connectivity index (χ4n) is 1.86. The van der Waals surface area contributed by atoms with E-state index in [1.807, 2.05) is 13.8 Å². The van der Waals surface area contributed by atoms with Gasteiger partial charge in [-0.25, -0.2) is 0 Å². The molecule has 0 aliphatic carbocycles. The van der Waals surface area contributed by atoms with Crippen molar-refractivity contribution in [1.29, 1.82) is 0 Å². The lowest BCUT2D eigenvalue weighted by Crippen LogP contribution is -2.30. The molecule has 0 unspecified atom stereocenters. The van der Waals surface area contributed by atoms with E-state index in [4.69, 9.17) is 5.73 Å². The predicted molar refractivity (Wildman–Crippen MR) is 79.7 cm³/mol. The van der Waals surface area contributed by atoms with Crippen LogP contribution in [-0.4, -0.2) is 42.9 Å². The van der Waals surface area contributed by atoms with Crippen molar-refractivity contribution < 1.29 is 9.59 Å². The van der Waals surface area contributed by atoms with Crippen LogP contribution in [0.4, 0.5) is 0 Å². The second kappa shape index (κ2) is 8.32. The van der Waals surface area contributed by atoms with Crippen LogP contribution >= 0.6 is 0 Å². The van der Waals surface area contributed by atoms with E-state index in [-0.39, 0.29) is 11.8 Å². The zero-order valence-electron chi connectivity index (χ0n) is 12.2. The van der Waals surface area contributed by atoms with Crippen LogP contribution in [0.15, 0.2) is 24.3 Å². The van der Waals surface area contributed by atoms with Crippen LogP contribution < -0.4 is 11.1 Å². The number of rotatable bonds is 7. The second-order valence-electron chi connectivity index (χ2n) is 4.45. The summed E-state index contributed by atoms with van der Waals surface area (Å²) in [5.74, 6) is -0.148. The number of nitrogens with two attached hydrogens (primary N) is 1. The van der Waals surface area contributed by atoms with Crippen LogP contribution in [0.25, 0.3) is 0 Å². The number of amides is 2. The largest absolute Gasteiger partial charge is 0.352 e. The van der Waals surface area contributed by atoms with Gasteiger partial charge in [-0.15, -0.1) is 0 Å². The molecule has 3 N–H and O–H groups in total. The zero-order valence-corrected chi connectivity index (χ0v) is 12.2. The molecule has 0 aliphatic rings. The van der Waals surface area contributed by atoms with Crippen molar-refractivity contribution in [2.75, 3.05) is 26.2 Å². The summed E-state index contributed by atoms with van der Waals surface area (Å²) in [6, 6.07) is 6.74. The molecule has 0 saturated carbocycles. The number of carbonyl (C=O) groups is 2. The van der Waals surface area contributed by atoms with Gasteiger partial charge in [-0.3, -0.25) is 9.59 Å². The first kappa shape index (κ1) is 16.2. The van der Waals surface area contributed by atoms with Crippen molar-refractivity contribution in [1.82, 2.24) is 10.2 Å².